The third-order valence-electron chi connectivity index (χ3n) is 3.60. The number of hydrogen-bond acceptors (Lipinski definition) is 2. The molecule has 0 aromatic rings. The molecule has 1 fully saturated rings. The van der Waals surface area contributed by atoms with Crippen LogP contribution in [-0.2, 0) is 0 Å². The van der Waals surface area contributed by atoms with Gasteiger partial charge in [-0.05, 0) is 38.6 Å². The highest BCUT2D eigenvalue weighted by molar-refractivity contribution is 4.91. The molecule has 84 valence electrons. The molecule has 0 spiro atoms. The average molecular weight is 198 g/mol. The van der Waals surface area contributed by atoms with Crippen LogP contribution in [0.4, 0.5) is 0 Å². The highest BCUT2D eigenvalue weighted by Crippen LogP contribution is 2.29. The first-order valence-electron chi connectivity index (χ1n) is 5.74. The van der Waals surface area contributed by atoms with Crippen molar-refractivity contribution in [3.8, 4) is 0 Å². The first-order chi connectivity index (χ1) is 6.23. The lowest BCUT2D eigenvalue weighted by Crippen LogP contribution is -2.49. The summed E-state index contributed by atoms with van der Waals surface area (Å²) in [5.41, 5.74) is 6.79. The Kier molecular flexibility index (Phi) is 3.27. The fraction of sp³-hybridized carbons (Fsp3) is 1.00. The molecule has 1 rings (SSSR count). The van der Waals surface area contributed by atoms with Gasteiger partial charge in [0.25, 0.3) is 0 Å². The van der Waals surface area contributed by atoms with Gasteiger partial charge in [0.1, 0.15) is 0 Å². The van der Waals surface area contributed by atoms with E-state index in [-0.39, 0.29) is 11.5 Å². The second-order valence-electron chi connectivity index (χ2n) is 6.33. The standard InChI is InChI=1S/C12H26N2/c1-11(2,3)10(13)9-14-8-6-7-12(14,4)5/h10H,6-9,13H2,1-5H3. The molecule has 2 heteroatoms. The van der Waals surface area contributed by atoms with Crippen LogP contribution < -0.4 is 5.73 Å². The molecule has 0 aromatic heterocycles. The van der Waals surface area contributed by atoms with E-state index in [0.717, 1.165) is 6.54 Å². The lowest BCUT2D eigenvalue weighted by Gasteiger charge is -2.37. The lowest BCUT2D eigenvalue weighted by atomic mass is 9.86. The maximum atomic E-state index is 6.21. The summed E-state index contributed by atoms with van der Waals surface area (Å²) in [5, 5.41) is 0. The molecule has 14 heavy (non-hydrogen) atoms. The van der Waals surface area contributed by atoms with Gasteiger partial charge in [-0.3, -0.25) is 4.90 Å². The minimum Gasteiger partial charge on any atom is -0.326 e. The van der Waals surface area contributed by atoms with E-state index in [0.29, 0.717) is 5.54 Å². The van der Waals surface area contributed by atoms with Crippen molar-refractivity contribution in [2.75, 3.05) is 13.1 Å². The van der Waals surface area contributed by atoms with E-state index < -0.39 is 0 Å². The summed E-state index contributed by atoms with van der Waals surface area (Å²) >= 11 is 0. The van der Waals surface area contributed by atoms with Crippen LogP contribution in [-0.4, -0.2) is 29.6 Å². The number of nitrogens with zero attached hydrogens (tertiary/aromatic N) is 1. The van der Waals surface area contributed by atoms with Gasteiger partial charge in [0, 0.05) is 18.1 Å². The van der Waals surface area contributed by atoms with Gasteiger partial charge in [-0.1, -0.05) is 20.8 Å². The Morgan fingerprint density at radius 2 is 1.93 bits per heavy atom. The largest absolute Gasteiger partial charge is 0.326 e. The first kappa shape index (κ1) is 12.0. The first-order valence-corrected chi connectivity index (χ1v) is 5.74. The van der Waals surface area contributed by atoms with Crippen molar-refractivity contribution in [1.82, 2.24) is 4.90 Å². The summed E-state index contributed by atoms with van der Waals surface area (Å²) in [5.74, 6) is 0. The van der Waals surface area contributed by atoms with Gasteiger partial charge in [-0.15, -0.1) is 0 Å². The van der Waals surface area contributed by atoms with Crippen molar-refractivity contribution < 1.29 is 0 Å². The van der Waals surface area contributed by atoms with Gasteiger partial charge in [0.05, 0.1) is 0 Å². The van der Waals surface area contributed by atoms with Crippen molar-refractivity contribution in [1.29, 1.82) is 0 Å². The van der Waals surface area contributed by atoms with Crippen molar-refractivity contribution in [3.63, 3.8) is 0 Å². The zero-order chi connectivity index (χ0) is 11.0. The van der Waals surface area contributed by atoms with Crippen LogP contribution in [0.25, 0.3) is 0 Å². The van der Waals surface area contributed by atoms with Crippen molar-refractivity contribution in [2.24, 2.45) is 11.1 Å². The smallest absolute Gasteiger partial charge is 0.0217 e. The zero-order valence-corrected chi connectivity index (χ0v) is 10.4. The average Bonchev–Trinajstić information content (AvgIpc) is 2.29. The molecule has 1 unspecified atom stereocenters. The molecule has 1 saturated heterocycles. The van der Waals surface area contributed by atoms with E-state index in [1.165, 1.54) is 19.4 Å². The van der Waals surface area contributed by atoms with E-state index in [9.17, 15) is 0 Å². The molecule has 1 heterocycles. The van der Waals surface area contributed by atoms with E-state index in [2.05, 4.69) is 39.5 Å². The summed E-state index contributed by atoms with van der Waals surface area (Å²) in [7, 11) is 0. The van der Waals surface area contributed by atoms with Crippen molar-refractivity contribution >= 4 is 0 Å². The summed E-state index contributed by atoms with van der Waals surface area (Å²) in [6, 6.07) is 0.278. The predicted molar refractivity (Wildman–Crippen MR) is 62.3 cm³/mol. The molecule has 0 radical (unpaired) electrons. The SMILES string of the molecule is CC(C)(C)C(N)CN1CCCC1(C)C. The fourth-order valence-electron chi connectivity index (χ4n) is 2.01. The maximum Gasteiger partial charge on any atom is 0.0217 e. The Morgan fingerprint density at radius 3 is 2.29 bits per heavy atom. The van der Waals surface area contributed by atoms with Crippen LogP contribution >= 0.6 is 0 Å². The Hall–Kier alpha value is -0.0800. The van der Waals surface area contributed by atoms with Gasteiger partial charge < -0.3 is 5.73 Å². The monoisotopic (exact) mass is 198 g/mol. The third-order valence-corrected chi connectivity index (χ3v) is 3.60. The Bertz CT molecular complexity index is 191. The molecule has 1 aliphatic rings. The van der Waals surface area contributed by atoms with Gasteiger partial charge in [-0.25, -0.2) is 0 Å². The van der Waals surface area contributed by atoms with E-state index in [1.54, 1.807) is 0 Å². The van der Waals surface area contributed by atoms with E-state index in [1.807, 2.05) is 0 Å². The normalized spacial score (nSPS) is 25.3. The van der Waals surface area contributed by atoms with Crippen LogP contribution in [0.2, 0.25) is 0 Å². The van der Waals surface area contributed by atoms with Crippen LogP contribution in [0.15, 0.2) is 0 Å². The molecule has 0 aromatic carbocycles. The molecular formula is C12H26N2. The molecule has 1 aliphatic heterocycles. The third kappa shape index (κ3) is 2.71. The summed E-state index contributed by atoms with van der Waals surface area (Å²) < 4.78 is 0. The van der Waals surface area contributed by atoms with E-state index in [4.69, 9.17) is 5.73 Å². The second kappa shape index (κ2) is 3.82. The number of nitrogens with two attached hydrogens (primary N) is 1. The molecular weight excluding hydrogens is 172 g/mol. The Balaban J connectivity index is 2.52. The molecule has 0 aliphatic carbocycles. The second-order valence-corrected chi connectivity index (χ2v) is 6.33. The minimum atomic E-state index is 0.221. The number of likely N-dealkylation sites (tertiary alicyclic amines) is 1. The molecule has 0 amide bonds. The van der Waals surface area contributed by atoms with Crippen LogP contribution in [0, 0.1) is 5.41 Å². The fourth-order valence-corrected chi connectivity index (χ4v) is 2.01. The van der Waals surface area contributed by atoms with Gasteiger partial charge in [0.15, 0.2) is 0 Å². The van der Waals surface area contributed by atoms with Crippen LogP contribution in [0.1, 0.15) is 47.5 Å². The molecule has 0 saturated carbocycles. The van der Waals surface area contributed by atoms with Gasteiger partial charge >= 0.3 is 0 Å². The Labute approximate surface area is 88.8 Å². The summed E-state index contributed by atoms with van der Waals surface area (Å²) in [6.45, 7) is 13.6. The topological polar surface area (TPSA) is 29.3 Å². The van der Waals surface area contributed by atoms with Gasteiger partial charge in [0.2, 0.25) is 0 Å². The van der Waals surface area contributed by atoms with Crippen molar-refractivity contribution in [2.45, 2.75) is 59.0 Å². The van der Waals surface area contributed by atoms with Crippen LogP contribution in [0.3, 0.4) is 0 Å². The molecule has 1 atom stereocenters. The zero-order valence-electron chi connectivity index (χ0n) is 10.4. The lowest BCUT2D eigenvalue weighted by molar-refractivity contribution is 0.135. The van der Waals surface area contributed by atoms with Crippen molar-refractivity contribution in [3.05, 3.63) is 0 Å². The highest BCUT2D eigenvalue weighted by Gasteiger charge is 2.34. The van der Waals surface area contributed by atoms with Gasteiger partial charge in [-0.2, -0.15) is 0 Å². The predicted octanol–water partition coefficient (Wildman–Crippen LogP) is 2.23. The highest BCUT2D eigenvalue weighted by atomic mass is 15.2. The maximum absolute atomic E-state index is 6.21. The molecule has 2 N–H and O–H groups in total. The quantitative estimate of drug-likeness (QED) is 0.737. The minimum absolute atomic E-state index is 0.221. The summed E-state index contributed by atoms with van der Waals surface area (Å²) in [4.78, 5) is 2.54. The Morgan fingerprint density at radius 1 is 1.36 bits per heavy atom. The molecule has 0 bridgehead atoms. The van der Waals surface area contributed by atoms with Crippen LogP contribution in [0.5, 0.6) is 0 Å². The summed E-state index contributed by atoms with van der Waals surface area (Å²) in [6.07, 6.45) is 2.63. The molecule has 2 nitrogen and oxygen atoms in total. The number of hydrogen-bond donors (Lipinski definition) is 1. The number of rotatable bonds is 2. The van der Waals surface area contributed by atoms with E-state index >= 15 is 0 Å².